The number of anilines is 1. The second kappa shape index (κ2) is 5.83. The predicted octanol–water partition coefficient (Wildman–Crippen LogP) is 1.83. The summed E-state index contributed by atoms with van der Waals surface area (Å²) in [5.74, 6) is -1.14. The van der Waals surface area contributed by atoms with Crippen molar-refractivity contribution in [1.82, 2.24) is 4.98 Å². The van der Waals surface area contributed by atoms with Crippen LogP contribution in [0.1, 0.15) is 20.7 Å². The number of nitrogens with zero attached hydrogens (tertiary/aromatic N) is 1. The molecule has 20 heavy (non-hydrogen) atoms. The first-order valence-corrected chi connectivity index (χ1v) is 5.75. The van der Waals surface area contributed by atoms with Gasteiger partial charge >= 0.3 is 5.97 Å². The number of hydrogen-bond acceptors (Lipinski definition) is 5. The van der Waals surface area contributed by atoms with Gasteiger partial charge in [0.1, 0.15) is 5.69 Å². The van der Waals surface area contributed by atoms with E-state index in [4.69, 9.17) is 0 Å². The molecule has 1 heterocycles. The average Bonchev–Trinajstić information content (AvgIpc) is 2.49. The molecule has 6 heteroatoms. The number of pyridine rings is 1. The number of benzene rings is 1. The highest BCUT2D eigenvalue weighted by molar-refractivity contribution is 6.05. The molecule has 0 aliphatic heterocycles. The first kappa shape index (κ1) is 13.5. The number of carbonyl (C=O) groups is 2. The van der Waals surface area contributed by atoms with Crippen molar-refractivity contribution in [2.45, 2.75) is 0 Å². The Balaban J connectivity index is 2.14. The van der Waals surface area contributed by atoms with Crippen molar-refractivity contribution in [3.63, 3.8) is 0 Å². The first-order chi connectivity index (χ1) is 9.61. The van der Waals surface area contributed by atoms with Crippen LogP contribution in [-0.4, -0.2) is 29.1 Å². The zero-order valence-corrected chi connectivity index (χ0v) is 10.7. The maximum atomic E-state index is 12.0. The Labute approximate surface area is 115 Å². The standard InChI is InChI=1S/C14H12N2O4/c1-20-14(19)10-6-4-9(5-7-10)12(17)16-11-3-2-8-15-13(11)18/h2-8H,1H3,(H,15,18)(H,16,17). The van der Waals surface area contributed by atoms with Crippen LogP contribution >= 0.6 is 0 Å². The highest BCUT2D eigenvalue weighted by Gasteiger charge is 2.11. The van der Waals surface area contributed by atoms with E-state index in [9.17, 15) is 14.7 Å². The molecule has 1 amide bonds. The third kappa shape index (κ3) is 2.92. The fraction of sp³-hybridized carbons (Fsp3) is 0.0714. The maximum absolute atomic E-state index is 12.0. The topological polar surface area (TPSA) is 88.5 Å². The van der Waals surface area contributed by atoms with Crippen LogP contribution in [0.2, 0.25) is 0 Å². The van der Waals surface area contributed by atoms with Crippen LogP contribution in [0.25, 0.3) is 0 Å². The van der Waals surface area contributed by atoms with E-state index < -0.39 is 11.9 Å². The highest BCUT2D eigenvalue weighted by atomic mass is 16.5. The fourth-order valence-corrected chi connectivity index (χ4v) is 1.56. The van der Waals surface area contributed by atoms with E-state index in [1.807, 2.05) is 0 Å². The van der Waals surface area contributed by atoms with Crippen molar-refractivity contribution in [2.24, 2.45) is 0 Å². The third-order valence-electron chi connectivity index (χ3n) is 2.60. The van der Waals surface area contributed by atoms with E-state index in [2.05, 4.69) is 15.0 Å². The minimum Gasteiger partial charge on any atom is -0.492 e. The number of nitrogens with one attached hydrogen (secondary N) is 1. The van der Waals surface area contributed by atoms with Crippen molar-refractivity contribution in [1.29, 1.82) is 0 Å². The van der Waals surface area contributed by atoms with Crippen LogP contribution in [0.4, 0.5) is 5.69 Å². The lowest BCUT2D eigenvalue weighted by molar-refractivity contribution is 0.0600. The average molecular weight is 272 g/mol. The molecule has 2 aromatic rings. The van der Waals surface area contributed by atoms with Gasteiger partial charge in [-0.1, -0.05) is 0 Å². The number of esters is 1. The number of aromatic hydroxyl groups is 1. The van der Waals surface area contributed by atoms with Gasteiger partial charge in [0.2, 0.25) is 5.88 Å². The van der Waals surface area contributed by atoms with Gasteiger partial charge in [-0.15, -0.1) is 0 Å². The monoisotopic (exact) mass is 272 g/mol. The molecule has 0 saturated carbocycles. The lowest BCUT2D eigenvalue weighted by atomic mass is 10.1. The van der Waals surface area contributed by atoms with Crippen molar-refractivity contribution in [3.05, 3.63) is 53.7 Å². The lowest BCUT2D eigenvalue weighted by Crippen LogP contribution is -2.12. The molecule has 6 nitrogen and oxygen atoms in total. The van der Waals surface area contributed by atoms with Crippen LogP contribution in [0.3, 0.4) is 0 Å². The molecule has 0 unspecified atom stereocenters. The van der Waals surface area contributed by atoms with E-state index in [-0.39, 0.29) is 11.6 Å². The Kier molecular flexibility index (Phi) is 3.95. The summed E-state index contributed by atoms with van der Waals surface area (Å²) in [6.07, 6.45) is 1.41. The molecule has 2 N–H and O–H groups in total. The molecule has 0 radical (unpaired) electrons. The lowest BCUT2D eigenvalue weighted by Gasteiger charge is -2.06. The minimum absolute atomic E-state index is 0.217. The SMILES string of the molecule is COC(=O)c1ccc(C(=O)Nc2cccnc2O)cc1. The van der Waals surface area contributed by atoms with Crippen molar-refractivity contribution in [3.8, 4) is 5.88 Å². The smallest absolute Gasteiger partial charge is 0.337 e. The number of carbonyl (C=O) groups excluding carboxylic acids is 2. The van der Waals surface area contributed by atoms with Gasteiger partial charge in [-0.05, 0) is 36.4 Å². The van der Waals surface area contributed by atoms with E-state index in [1.54, 1.807) is 6.07 Å². The molecule has 1 aromatic carbocycles. The van der Waals surface area contributed by atoms with Crippen molar-refractivity contribution < 1.29 is 19.4 Å². The summed E-state index contributed by atoms with van der Waals surface area (Å²) in [5.41, 5.74) is 0.920. The Hall–Kier alpha value is -2.89. The molecule has 0 saturated heterocycles. The molecule has 0 spiro atoms. The minimum atomic E-state index is -0.470. The number of hydrogen-bond donors (Lipinski definition) is 2. The summed E-state index contributed by atoms with van der Waals surface area (Å²) in [4.78, 5) is 26.9. The summed E-state index contributed by atoms with van der Waals surface area (Å²) in [5, 5.41) is 12.0. The van der Waals surface area contributed by atoms with Gasteiger partial charge in [-0.25, -0.2) is 9.78 Å². The van der Waals surface area contributed by atoms with Crippen molar-refractivity contribution >= 4 is 17.6 Å². The predicted molar refractivity (Wildman–Crippen MR) is 71.6 cm³/mol. The second-order valence-corrected chi connectivity index (χ2v) is 3.90. The Morgan fingerprint density at radius 2 is 1.80 bits per heavy atom. The molecule has 0 atom stereocenters. The van der Waals surface area contributed by atoms with E-state index >= 15 is 0 Å². The molecule has 0 aliphatic rings. The van der Waals surface area contributed by atoms with Crippen molar-refractivity contribution in [2.75, 3.05) is 12.4 Å². The summed E-state index contributed by atoms with van der Waals surface area (Å²) in [6, 6.07) is 9.09. The van der Waals surface area contributed by atoms with Gasteiger partial charge in [-0.3, -0.25) is 4.79 Å². The largest absolute Gasteiger partial charge is 0.492 e. The van der Waals surface area contributed by atoms with Gasteiger partial charge in [-0.2, -0.15) is 0 Å². The van der Waals surface area contributed by atoms with Crippen LogP contribution in [0.15, 0.2) is 42.6 Å². The highest BCUT2D eigenvalue weighted by Crippen LogP contribution is 2.19. The number of ether oxygens (including phenoxy) is 1. The summed E-state index contributed by atoms with van der Waals surface area (Å²) in [7, 11) is 1.29. The van der Waals surface area contributed by atoms with Crippen LogP contribution in [-0.2, 0) is 4.74 Å². The molecular weight excluding hydrogens is 260 g/mol. The Morgan fingerprint density at radius 1 is 1.15 bits per heavy atom. The Bertz CT molecular complexity index is 638. The second-order valence-electron chi connectivity index (χ2n) is 3.90. The summed E-state index contributed by atoms with van der Waals surface area (Å²) < 4.78 is 4.57. The number of amides is 1. The van der Waals surface area contributed by atoms with Gasteiger partial charge in [0, 0.05) is 11.8 Å². The van der Waals surface area contributed by atoms with Gasteiger partial charge in [0.15, 0.2) is 0 Å². The fourth-order valence-electron chi connectivity index (χ4n) is 1.56. The normalized spacial score (nSPS) is 9.85. The molecule has 102 valence electrons. The zero-order valence-electron chi connectivity index (χ0n) is 10.7. The van der Waals surface area contributed by atoms with E-state index in [0.717, 1.165) is 0 Å². The Morgan fingerprint density at radius 3 is 2.40 bits per heavy atom. The van der Waals surface area contributed by atoms with Gasteiger partial charge in [0.05, 0.1) is 12.7 Å². The zero-order chi connectivity index (χ0) is 14.5. The molecular formula is C14H12N2O4. The van der Waals surface area contributed by atoms with E-state index in [1.165, 1.54) is 43.6 Å². The summed E-state index contributed by atoms with van der Waals surface area (Å²) >= 11 is 0. The number of rotatable bonds is 3. The van der Waals surface area contributed by atoms with Gasteiger partial charge < -0.3 is 15.2 Å². The van der Waals surface area contributed by atoms with Crippen LogP contribution in [0.5, 0.6) is 5.88 Å². The molecule has 0 aliphatic carbocycles. The number of methoxy groups -OCH3 is 1. The van der Waals surface area contributed by atoms with Crippen LogP contribution in [0, 0.1) is 0 Å². The maximum Gasteiger partial charge on any atom is 0.337 e. The molecule has 2 rings (SSSR count). The quantitative estimate of drug-likeness (QED) is 0.832. The molecule has 0 fully saturated rings. The third-order valence-corrected chi connectivity index (χ3v) is 2.60. The summed E-state index contributed by atoms with van der Waals surface area (Å²) in [6.45, 7) is 0. The first-order valence-electron chi connectivity index (χ1n) is 5.75. The van der Waals surface area contributed by atoms with Gasteiger partial charge in [0.25, 0.3) is 5.91 Å². The molecule has 1 aromatic heterocycles. The number of aromatic nitrogens is 1. The van der Waals surface area contributed by atoms with Crippen LogP contribution < -0.4 is 5.32 Å². The van der Waals surface area contributed by atoms with E-state index in [0.29, 0.717) is 11.1 Å². The molecule has 0 bridgehead atoms.